The molecule has 0 fully saturated rings. The third-order valence-corrected chi connectivity index (χ3v) is 5.28. The van der Waals surface area contributed by atoms with E-state index in [2.05, 4.69) is 4.90 Å². The quantitative estimate of drug-likeness (QED) is 0.916. The maximum Gasteiger partial charge on any atom is 0.175 e. The molecule has 1 atom stereocenters. The standard InChI is InChI=1S/C18H21NO4S/c1-24(21,22)16-8-6-14(7-9-16)17(20)13-19-10-11-23-18-5-3-2-4-15(18)12-19/h2-9,17,20H,10-13H2,1H3/t17-/m1/s1. The highest BCUT2D eigenvalue weighted by molar-refractivity contribution is 7.90. The van der Waals surface area contributed by atoms with E-state index >= 15 is 0 Å². The first-order valence-electron chi connectivity index (χ1n) is 7.84. The van der Waals surface area contributed by atoms with Gasteiger partial charge in [0, 0.05) is 31.5 Å². The van der Waals surface area contributed by atoms with Gasteiger partial charge in [-0.15, -0.1) is 0 Å². The summed E-state index contributed by atoms with van der Waals surface area (Å²) in [5.74, 6) is 0.895. The third-order valence-electron chi connectivity index (χ3n) is 4.16. The predicted octanol–water partition coefficient (Wildman–Crippen LogP) is 2.02. The number of hydrogen-bond acceptors (Lipinski definition) is 5. The average molecular weight is 347 g/mol. The van der Waals surface area contributed by atoms with Gasteiger partial charge in [-0.25, -0.2) is 8.42 Å². The van der Waals surface area contributed by atoms with Crippen molar-refractivity contribution in [2.24, 2.45) is 0 Å². The van der Waals surface area contributed by atoms with Crippen LogP contribution in [0.2, 0.25) is 0 Å². The van der Waals surface area contributed by atoms with Gasteiger partial charge in [0.25, 0.3) is 0 Å². The van der Waals surface area contributed by atoms with Gasteiger partial charge in [-0.1, -0.05) is 30.3 Å². The Morgan fingerprint density at radius 3 is 2.58 bits per heavy atom. The van der Waals surface area contributed by atoms with Gasteiger partial charge in [-0.05, 0) is 23.8 Å². The van der Waals surface area contributed by atoms with Crippen LogP contribution in [0.5, 0.6) is 5.75 Å². The highest BCUT2D eigenvalue weighted by atomic mass is 32.2. The summed E-state index contributed by atoms with van der Waals surface area (Å²) in [5, 5.41) is 10.5. The molecule has 5 nitrogen and oxygen atoms in total. The number of rotatable bonds is 4. The van der Waals surface area contributed by atoms with Crippen molar-refractivity contribution < 1.29 is 18.3 Å². The Bertz CT molecular complexity index is 802. The van der Waals surface area contributed by atoms with E-state index in [4.69, 9.17) is 4.74 Å². The van der Waals surface area contributed by atoms with Crippen LogP contribution in [0, 0.1) is 0 Å². The lowest BCUT2D eigenvalue weighted by Crippen LogP contribution is -2.30. The van der Waals surface area contributed by atoms with Crippen LogP contribution in [-0.4, -0.2) is 44.4 Å². The number of sulfone groups is 1. The second kappa shape index (κ2) is 6.93. The van der Waals surface area contributed by atoms with E-state index in [9.17, 15) is 13.5 Å². The molecule has 0 unspecified atom stereocenters. The van der Waals surface area contributed by atoms with E-state index in [0.717, 1.165) is 17.9 Å². The van der Waals surface area contributed by atoms with Crippen LogP contribution in [0.15, 0.2) is 53.4 Å². The minimum atomic E-state index is -3.22. The lowest BCUT2D eigenvalue weighted by Gasteiger charge is -2.23. The number of aliphatic hydroxyl groups excluding tert-OH is 1. The van der Waals surface area contributed by atoms with Crippen molar-refractivity contribution in [3.8, 4) is 5.75 Å². The van der Waals surface area contributed by atoms with Gasteiger partial charge in [0.2, 0.25) is 0 Å². The Morgan fingerprint density at radius 2 is 1.88 bits per heavy atom. The molecule has 0 radical (unpaired) electrons. The van der Waals surface area contributed by atoms with Crippen LogP contribution in [-0.2, 0) is 16.4 Å². The summed E-state index contributed by atoms with van der Waals surface area (Å²) in [7, 11) is -3.22. The van der Waals surface area contributed by atoms with Crippen molar-refractivity contribution in [2.45, 2.75) is 17.5 Å². The zero-order valence-corrected chi connectivity index (χ0v) is 14.4. The van der Waals surface area contributed by atoms with Crippen LogP contribution in [0.3, 0.4) is 0 Å². The summed E-state index contributed by atoms with van der Waals surface area (Å²) in [6, 6.07) is 14.3. The molecule has 2 aromatic rings. The molecule has 0 aliphatic carbocycles. The van der Waals surface area contributed by atoms with Gasteiger partial charge in [0.05, 0.1) is 11.0 Å². The number of fused-ring (bicyclic) bond motifs is 1. The molecule has 0 saturated carbocycles. The fourth-order valence-electron chi connectivity index (χ4n) is 2.82. The number of ether oxygens (including phenoxy) is 1. The lowest BCUT2D eigenvalue weighted by atomic mass is 10.1. The fourth-order valence-corrected chi connectivity index (χ4v) is 3.45. The van der Waals surface area contributed by atoms with Crippen molar-refractivity contribution in [3.63, 3.8) is 0 Å². The van der Waals surface area contributed by atoms with E-state index in [-0.39, 0.29) is 4.90 Å². The predicted molar refractivity (Wildman–Crippen MR) is 91.7 cm³/mol. The van der Waals surface area contributed by atoms with E-state index in [1.807, 2.05) is 24.3 Å². The number of benzene rings is 2. The summed E-state index contributed by atoms with van der Waals surface area (Å²) < 4.78 is 28.7. The first kappa shape index (κ1) is 17.0. The molecule has 3 rings (SSSR count). The number of β-amino-alcohol motifs (C(OH)–C–C–N with tert-alkyl or cyclic N) is 1. The van der Waals surface area contributed by atoms with Gasteiger partial charge >= 0.3 is 0 Å². The highest BCUT2D eigenvalue weighted by Crippen LogP contribution is 2.24. The maximum absolute atomic E-state index is 11.5. The summed E-state index contributed by atoms with van der Waals surface area (Å²) in [6.45, 7) is 2.49. The first-order chi connectivity index (χ1) is 11.4. The van der Waals surface area contributed by atoms with Crippen LogP contribution in [0.25, 0.3) is 0 Å². The number of para-hydroxylation sites is 1. The fraction of sp³-hybridized carbons (Fsp3) is 0.333. The molecule has 1 aliphatic rings. The molecule has 0 bridgehead atoms. The largest absolute Gasteiger partial charge is 0.492 e. The highest BCUT2D eigenvalue weighted by Gasteiger charge is 2.19. The van der Waals surface area contributed by atoms with Crippen LogP contribution >= 0.6 is 0 Å². The molecule has 0 amide bonds. The minimum Gasteiger partial charge on any atom is -0.492 e. The summed E-state index contributed by atoms with van der Waals surface area (Å²) in [5.41, 5.74) is 1.82. The minimum absolute atomic E-state index is 0.260. The Hall–Kier alpha value is -1.89. The zero-order chi connectivity index (χ0) is 17.2. The van der Waals surface area contributed by atoms with E-state index < -0.39 is 15.9 Å². The topological polar surface area (TPSA) is 66.8 Å². The van der Waals surface area contributed by atoms with Gasteiger partial charge < -0.3 is 9.84 Å². The molecule has 128 valence electrons. The number of aliphatic hydroxyl groups is 1. The average Bonchev–Trinajstić information content (AvgIpc) is 2.75. The van der Waals surface area contributed by atoms with Crippen LogP contribution in [0.4, 0.5) is 0 Å². The molecule has 24 heavy (non-hydrogen) atoms. The van der Waals surface area contributed by atoms with Crippen molar-refractivity contribution in [1.29, 1.82) is 0 Å². The Kier molecular flexibility index (Phi) is 4.89. The normalized spacial score (nSPS) is 16.8. The maximum atomic E-state index is 11.5. The van der Waals surface area contributed by atoms with Crippen molar-refractivity contribution >= 4 is 9.84 Å². The number of hydrogen-bond donors (Lipinski definition) is 1. The van der Waals surface area contributed by atoms with Gasteiger partial charge in [-0.2, -0.15) is 0 Å². The lowest BCUT2D eigenvalue weighted by molar-refractivity contribution is 0.105. The van der Waals surface area contributed by atoms with Crippen molar-refractivity contribution in [1.82, 2.24) is 4.90 Å². The van der Waals surface area contributed by atoms with E-state index in [0.29, 0.717) is 25.3 Å². The first-order valence-corrected chi connectivity index (χ1v) is 9.74. The SMILES string of the molecule is CS(=O)(=O)c1ccc([C@H](O)CN2CCOc3ccccc3C2)cc1. The smallest absolute Gasteiger partial charge is 0.175 e. The van der Waals surface area contributed by atoms with Gasteiger partial charge in [-0.3, -0.25) is 4.90 Å². The van der Waals surface area contributed by atoms with Gasteiger partial charge in [0.1, 0.15) is 12.4 Å². The van der Waals surface area contributed by atoms with Crippen molar-refractivity contribution in [3.05, 3.63) is 59.7 Å². The molecule has 0 spiro atoms. The van der Waals surface area contributed by atoms with E-state index in [1.165, 1.54) is 18.4 Å². The third kappa shape index (κ3) is 3.95. The van der Waals surface area contributed by atoms with E-state index in [1.54, 1.807) is 12.1 Å². The second-order valence-electron chi connectivity index (χ2n) is 6.05. The molecular weight excluding hydrogens is 326 g/mol. The summed E-state index contributed by atoms with van der Waals surface area (Å²) >= 11 is 0. The molecule has 1 aliphatic heterocycles. The Morgan fingerprint density at radius 1 is 1.17 bits per heavy atom. The number of nitrogens with zero attached hydrogens (tertiary/aromatic N) is 1. The molecular formula is C18H21NO4S. The molecule has 2 aromatic carbocycles. The Balaban J connectivity index is 1.69. The summed E-state index contributed by atoms with van der Waals surface area (Å²) in [6.07, 6.45) is 0.497. The van der Waals surface area contributed by atoms with Crippen LogP contribution < -0.4 is 4.74 Å². The summed E-state index contributed by atoms with van der Waals surface area (Å²) in [4.78, 5) is 2.40. The Labute approximate surface area is 142 Å². The van der Waals surface area contributed by atoms with Crippen LogP contribution in [0.1, 0.15) is 17.2 Å². The molecule has 1 heterocycles. The van der Waals surface area contributed by atoms with Crippen molar-refractivity contribution in [2.75, 3.05) is 26.0 Å². The molecule has 1 N–H and O–H groups in total. The molecule has 0 aromatic heterocycles. The zero-order valence-electron chi connectivity index (χ0n) is 13.6. The molecule has 6 heteroatoms. The van der Waals surface area contributed by atoms with Gasteiger partial charge in [0.15, 0.2) is 9.84 Å². The monoisotopic (exact) mass is 347 g/mol. The molecule has 0 saturated heterocycles. The second-order valence-corrected chi connectivity index (χ2v) is 8.06.